The van der Waals surface area contributed by atoms with Gasteiger partial charge < -0.3 is 19.1 Å². The van der Waals surface area contributed by atoms with Gasteiger partial charge in [-0.25, -0.2) is 4.79 Å². The Morgan fingerprint density at radius 1 is 1.21 bits per heavy atom. The van der Waals surface area contributed by atoms with Gasteiger partial charge in [-0.3, -0.25) is 4.99 Å². The first-order chi connectivity index (χ1) is 13.7. The fourth-order valence-corrected chi connectivity index (χ4v) is 3.47. The molecular formula is C21H23IN2O4. The minimum Gasteiger partial charge on any atom is -0.481 e. The maximum Gasteiger partial charge on any atom is 0.344 e. The Morgan fingerprint density at radius 2 is 1.96 bits per heavy atom. The molecule has 0 amide bonds. The molecule has 0 aliphatic carbocycles. The molecule has 148 valence electrons. The van der Waals surface area contributed by atoms with Crippen LogP contribution in [0.1, 0.15) is 12.5 Å². The molecule has 6 nitrogen and oxygen atoms in total. The summed E-state index contributed by atoms with van der Waals surface area (Å²) in [5.41, 5.74) is 3.06. The molecule has 0 bridgehead atoms. The SMILES string of the molecule is CCOC(=O)COc1ccc(C=Nc2ccc(N3CCOCC3)cc2)cc1I. The van der Waals surface area contributed by atoms with E-state index in [1.54, 1.807) is 6.92 Å². The molecule has 1 fully saturated rings. The maximum absolute atomic E-state index is 11.4. The summed E-state index contributed by atoms with van der Waals surface area (Å²) in [4.78, 5) is 18.3. The highest BCUT2D eigenvalue weighted by atomic mass is 127. The van der Waals surface area contributed by atoms with Crippen LogP contribution in [0.2, 0.25) is 0 Å². The summed E-state index contributed by atoms with van der Waals surface area (Å²) >= 11 is 2.18. The molecule has 2 aromatic rings. The van der Waals surface area contributed by atoms with Crippen molar-refractivity contribution < 1.29 is 19.0 Å². The number of hydrogen-bond donors (Lipinski definition) is 0. The lowest BCUT2D eigenvalue weighted by molar-refractivity contribution is -0.145. The number of esters is 1. The summed E-state index contributed by atoms with van der Waals surface area (Å²) in [6, 6.07) is 13.9. The van der Waals surface area contributed by atoms with Gasteiger partial charge in [0, 0.05) is 25.0 Å². The van der Waals surface area contributed by atoms with Gasteiger partial charge in [-0.1, -0.05) is 0 Å². The number of morpholine rings is 1. The van der Waals surface area contributed by atoms with Gasteiger partial charge in [-0.05, 0) is 77.5 Å². The first-order valence-electron chi connectivity index (χ1n) is 9.20. The molecule has 0 unspecified atom stereocenters. The van der Waals surface area contributed by atoms with Gasteiger partial charge in [0.25, 0.3) is 0 Å². The van der Waals surface area contributed by atoms with Crippen molar-refractivity contribution in [2.75, 3.05) is 44.4 Å². The third kappa shape index (κ3) is 5.93. The largest absolute Gasteiger partial charge is 0.481 e. The van der Waals surface area contributed by atoms with Crippen LogP contribution in [0.3, 0.4) is 0 Å². The molecule has 0 spiro atoms. The van der Waals surface area contributed by atoms with Crippen LogP contribution in [0.25, 0.3) is 0 Å². The standard InChI is InChI=1S/C21H23IN2O4/c1-2-27-21(25)15-28-20-8-3-16(13-19(20)22)14-23-17-4-6-18(7-5-17)24-9-11-26-12-10-24/h3-8,13-14H,2,9-12,15H2,1H3. The Hall–Kier alpha value is -2.13. The smallest absolute Gasteiger partial charge is 0.344 e. The zero-order chi connectivity index (χ0) is 19.8. The van der Waals surface area contributed by atoms with Gasteiger partial charge in [-0.2, -0.15) is 0 Å². The van der Waals surface area contributed by atoms with Crippen LogP contribution in [0.4, 0.5) is 11.4 Å². The summed E-state index contributed by atoms with van der Waals surface area (Å²) in [5.74, 6) is 0.283. The number of benzene rings is 2. The number of anilines is 1. The Labute approximate surface area is 178 Å². The highest BCUT2D eigenvalue weighted by molar-refractivity contribution is 14.1. The summed E-state index contributed by atoms with van der Waals surface area (Å²) in [6.07, 6.45) is 1.82. The zero-order valence-corrected chi connectivity index (χ0v) is 17.9. The average Bonchev–Trinajstić information content (AvgIpc) is 2.73. The van der Waals surface area contributed by atoms with Crippen molar-refractivity contribution in [1.29, 1.82) is 0 Å². The van der Waals surface area contributed by atoms with Crippen LogP contribution >= 0.6 is 22.6 Å². The van der Waals surface area contributed by atoms with Gasteiger partial charge in [0.05, 0.1) is 29.1 Å². The van der Waals surface area contributed by atoms with E-state index < -0.39 is 0 Å². The molecule has 7 heteroatoms. The summed E-state index contributed by atoms with van der Waals surface area (Å²) < 4.78 is 16.7. The number of rotatable bonds is 7. The van der Waals surface area contributed by atoms with Crippen molar-refractivity contribution >= 4 is 46.1 Å². The molecule has 0 radical (unpaired) electrons. The van der Waals surface area contributed by atoms with Crippen molar-refractivity contribution in [2.24, 2.45) is 4.99 Å². The molecular weight excluding hydrogens is 471 g/mol. The van der Waals surface area contributed by atoms with Gasteiger partial charge in [0.1, 0.15) is 5.75 Å². The summed E-state index contributed by atoms with van der Waals surface area (Å²) in [6.45, 7) is 5.42. The molecule has 3 rings (SSSR count). The highest BCUT2D eigenvalue weighted by Gasteiger charge is 2.10. The lowest BCUT2D eigenvalue weighted by Gasteiger charge is -2.28. The number of ether oxygens (including phenoxy) is 3. The van der Waals surface area contributed by atoms with E-state index in [0.29, 0.717) is 12.4 Å². The van der Waals surface area contributed by atoms with Gasteiger partial charge in [0.2, 0.25) is 0 Å². The molecule has 2 aromatic carbocycles. The molecule has 1 saturated heterocycles. The summed E-state index contributed by atoms with van der Waals surface area (Å²) in [7, 11) is 0. The second-order valence-electron chi connectivity index (χ2n) is 6.16. The van der Waals surface area contributed by atoms with Crippen LogP contribution < -0.4 is 9.64 Å². The van der Waals surface area contributed by atoms with E-state index in [1.807, 2.05) is 36.5 Å². The van der Waals surface area contributed by atoms with E-state index in [0.717, 1.165) is 41.1 Å². The van der Waals surface area contributed by atoms with Crippen LogP contribution in [-0.2, 0) is 14.3 Å². The maximum atomic E-state index is 11.4. The quantitative estimate of drug-likeness (QED) is 0.333. The predicted octanol–water partition coefficient (Wildman–Crippen LogP) is 3.82. The minimum absolute atomic E-state index is 0.0905. The van der Waals surface area contributed by atoms with E-state index in [4.69, 9.17) is 14.2 Å². The van der Waals surface area contributed by atoms with Crippen molar-refractivity contribution in [3.8, 4) is 5.75 Å². The molecule has 1 aliphatic rings. The molecule has 0 saturated carbocycles. The van der Waals surface area contributed by atoms with Crippen molar-refractivity contribution in [3.05, 3.63) is 51.6 Å². The Balaban J connectivity index is 1.59. The zero-order valence-electron chi connectivity index (χ0n) is 15.8. The van der Waals surface area contributed by atoms with E-state index in [-0.39, 0.29) is 12.6 Å². The molecule has 28 heavy (non-hydrogen) atoms. The first kappa shape index (κ1) is 20.6. The number of nitrogens with zero attached hydrogens (tertiary/aromatic N) is 2. The number of halogens is 1. The monoisotopic (exact) mass is 494 g/mol. The highest BCUT2D eigenvalue weighted by Crippen LogP contribution is 2.23. The molecule has 1 aliphatic heterocycles. The second kappa shape index (κ2) is 10.4. The lowest BCUT2D eigenvalue weighted by Crippen LogP contribution is -2.36. The Morgan fingerprint density at radius 3 is 2.64 bits per heavy atom. The van der Waals surface area contributed by atoms with Crippen molar-refractivity contribution in [3.63, 3.8) is 0 Å². The van der Waals surface area contributed by atoms with Crippen molar-refractivity contribution in [2.45, 2.75) is 6.92 Å². The fourth-order valence-electron chi connectivity index (χ4n) is 2.77. The molecule has 0 aromatic heterocycles. The van der Waals surface area contributed by atoms with Gasteiger partial charge in [-0.15, -0.1) is 0 Å². The lowest BCUT2D eigenvalue weighted by atomic mass is 10.2. The first-order valence-corrected chi connectivity index (χ1v) is 10.3. The fraction of sp³-hybridized carbons (Fsp3) is 0.333. The van der Waals surface area contributed by atoms with Gasteiger partial charge >= 0.3 is 5.97 Å². The number of carbonyl (C=O) groups is 1. The van der Waals surface area contributed by atoms with Crippen LogP contribution in [-0.4, -0.2) is 51.7 Å². The number of aliphatic imine (C=N–C) groups is 1. The Kier molecular flexibility index (Phi) is 7.67. The number of carbonyl (C=O) groups excluding carboxylic acids is 1. The Bertz CT molecular complexity index is 818. The van der Waals surface area contributed by atoms with E-state index in [9.17, 15) is 4.79 Å². The third-order valence-electron chi connectivity index (χ3n) is 4.20. The third-order valence-corrected chi connectivity index (χ3v) is 5.04. The number of hydrogen-bond acceptors (Lipinski definition) is 6. The van der Waals surface area contributed by atoms with E-state index in [1.165, 1.54) is 5.69 Å². The topological polar surface area (TPSA) is 60.4 Å². The van der Waals surface area contributed by atoms with Gasteiger partial charge in [0.15, 0.2) is 6.61 Å². The van der Waals surface area contributed by atoms with Crippen LogP contribution in [0.15, 0.2) is 47.5 Å². The van der Waals surface area contributed by atoms with Crippen LogP contribution in [0.5, 0.6) is 5.75 Å². The predicted molar refractivity (Wildman–Crippen MR) is 118 cm³/mol. The van der Waals surface area contributed by atoms with Crippen molar-refractivity contribution in [1.82, 2.24) is 0 Å². The minimum atomic E-state index is -0.371. The second-order valence-corrected chi connectivity index (χ2v) is 7.32. The van der Waals surface area contributed by atoms with E-state index in [2.05, 4.69) is 44.6 Å². The normalized spacial score (nSPS) is 14.3. The molecule has 0 atom stereocenters. The van der Waals surface area contributed by atoms with E-state index >= 15 is 0 Å². The molecule has 0 N–H and O–H groups in total. The summed E-state index contributed by atoms with van der Waals surface area (Å²) in [5, 5.41) is 0. The average molecular weight is 494 g/mol. The molecule has 1 heterocycles. The van der Waals surface area contributed by atoms with Crippen LogP contribution in [0, 0.1) is 3.57 Å².